The first-order valence-corrected chi connectivity index (χ1v) is 4.81. The monoisotopic (exact) mass is 194 g/mol. The Morgan fingerprint density at radius 3 is 3.07 bits per heavy atom. The second kappa shape index (κ2) is 3.79. The van der Waals surface area contributed by atoms with Gasteiger partial charge in [-0.25, -0.2) is 0 Å². The van der Waals surface area contributed by atoms with E-state index in [1.807, 2.05) is 0 Å². The Hall–Kier alpha value is -1.36. The zero-order valence-electron chi connectivity index (χ0n) is 7.86. The lowest BCUT2D eigenvalue weighted by Gasteiger charge is -2.10. The van der Waals surface area contributed by atoms with E-state index in [4.69, 9.17) is 5.73 Å². The minimum absolute atomic E-state index is 0.0714. The Morgan fingerprint density at radius 1 is 1.64 bits per heavy atom. The topological polar surface area (TPSA) is 83.8 Å². The van der Waals surface area contributed by atoms with Gasteiger partial charge in [0.1, 0.15) is 0 Å². The molecule has 0 saturated heterocycles. The van der Waals surface area contributed by atoms with E-state index >= 15 is 0 Å². The molecule has 0 aromatic carbocycles. The maximum Gasteiger partial charge on any atom is 0.254 e. The molecular formula is C9H14N4O. The van der Waals surface area contributed by atoms with Gasteiger partial charge in [0.2, 0.25) is 0 Å². The minimum atomic E-state index is -0.0714. The third-order valence-corrected chi connectivity index (χ3v) is 2.57. The van der Waals surface area contributed by atoms with Crippen LogP contribution >= 0.6 is 0 Å². The van der Waals surface area contributed by atoms with Crippen LogP contribution in [0, 0.1) is 0 Å². The first-order valence-electron chi connectivity index (χ1n) is 4.81. The molecule has 1 heterocycles. The molecule has 1 aliphatic rings. The molecule has 2 rings (SSSR count). The first kappa shape index (κ1) is 9.21. The van der Waals surface area contributed by atoms with Gasteiger partial charge in [-0.2, -0.15) is 5.10 Å². The number of hydrogen-bond donors (Lipinski definition) is 3. The number of amides is 1. The predicted molar refractivity (Wildman–Crippen MR) is 51.7 cm³/mol. The second-order valence-corrected chi connectivity index (χ2v) is 3.73. The van der Waals surface area contributed by atoms with E-state index in [2.05, 4.69) is 15.5 Å². The highest BCUT2D eigenvalue weighted by Gasteiger charge is 2.23. The van der Waals surface area contributed by atoms with Gasteiger partial charge in [0.05, 0.1) is 11.8 Å². The van der Waals surface area contributed by atoms with Crippen molar-refractivity contribution in [1.29, 1.82) is 0 Å². The van der Waals surface area contributed by atoms with E-state index in [0.717, 1.165) is 19.3 Å². The fraction of sp³-hybridized carbons (Fsp3) is 0.556. The Balaban J connectivity index is 1.89. The molecule has 1 amide bonds. The van der Waals surface area contributed by atoms with Crippen LogP contribution in [0.15, 0.2) is 12.4 Å². The van der Waals surface area contributed by atoms with Crippen LogP contribution in [-0.2, 0) is 0 Å². The zero-order chi connectivity index (χ0) is 9.97. The third-order valence-electron chi connectivity index (χ3n) is 2.57. The zero-order valence-corrected chi connectivity index (χ0v) is 7.86. The van der Waals surface area contributed by atoms with E-state index in [0.29, 0.717) is 5.56 Å². The number of rotatable bonds is 2. The van der Waals surface area contributed by atoms with Gasteiger partial charge in [-0.1, -0.05) is 0 Å². The summed E-state index contributed by atoms with van der Waals surface area (Å²) in [6.45, 7) is 0. The van der Waals surface area contributed by atoms with Gasteiger partial charge in [0.15, 0.2) is 0 Å². The fourth-order valence-corrected chi connectivity index (χ4v) is 1.79. The summed E-state index contributed by atoms with van der Waals surface area (Å²) in [7, 11) is 0. The molecule has 1 aromatic heterocycles. The Kier molecular flexibility index (Phi) is 2.49. The maximum absolute atomic E-state index is 11.6. The van der Waals surface area contributed by atoms with Crippen molar-refractivity contribution < 1.29 is 4.79 Å². The van der Waals surface area contributed by atoms with Crippen LogP contribution in [0.1, 0.15) is 29.6 Å². The lowest BCUT2D eigenvalue weighted by atomic mass is 10.2. The van der Waals surface area contributed by atoms with Crippen molar-refractivity contribution in [2.24, 2.45) is 5.73 Å². The van der Waals surface area contributed by atoms with Gasteiger partial charge in [-0.15, -0.1) is 0 Å². The molecule has 1 saturated carbocycles. The fourth-order valence-electron chi connectivity index (χ4n) is 1.79. The predicted octanol–water partition coefficient (Wildman–Crippen LogP) is 0.0193. The van der Waals surface area contributed by atoms with Gasteiger partial charge in [-0.05, 0) is 19.3 Å². The lowest BCUT2D eigenvalue weighted by Crippen LogP contribution is -2.33. The SMILES string of the molecule is NC1CCC(NC(=O)c2cn[nH]c2)C1. The van der Waals surface area contributed by atoms with Crippen molar-refractivity contribution >= 4 is 5.91 Å². The maximum atomic E-state index is 11.6. The van der Waals surface area contributed by atoms with Crippen LogP contribution < -0.4 is 11.1 Å². The quantitative estimate of drug-likeness (QED) is 0.620. The number of nitrogens with two attached hydrogens (primary N) is 1. The summed E-state index contributed by atoms with van der Waals surface area (Å²) in [5.41, 5.74) is 6.32. The summed E-state index contributed by atoms with van der Waals surface area (Å²) in [6.07, 6.45) is 5.96. The summed E-state index contributed by atoms with van der Waals surface area (Å²) in [4.78, 5) is 11.6. The number of nitrogens with zero attached hydrogens (tertiary/aromatic N) is 1. The van der Waals surface area contributed by atoms with E-state index in [-0.39, 0.29) is 18.0 Å². The minimum Gasteiger partial charge on any atom is -0.349 e. The molecule has 0 radical (unpaired) electrons. The normalized spacial score (nSPS) is 26.4. The highest BCUT2D eigenvalue weighted by molar-refractivity contribution is 5.93. The van der Waals surface area contributed by atoms with Gasteiger partial charge in [0, 0.05) is 18.3 Å². The molecule has 0 aliphatic heterocycles. The largest absolute Gasteiger partial charge is 0.349 e. The van der Waals surface area contributed by atoms with E-state index in [9.17, 15) is 4.79 Å². The number of hydrogen-bond acceptors (Lipinski definition) is 3. The highest BCUT2D eigenvalue weighted by Crippen LogP contribution is 2.17. The van der Waals surface area contributed by atoms with Crippen LogP contribution in [0.25, 0.3) is 0 Å². The highest BCUT2D eigenvalue weighted by atomic mass is 16.1. The van der Waals surface area contributed by atoms with Crippen molar-refractivity contribution in [2.45, 2.75) is 31.3 Å². The Morgan fingerprint density at radius 2 is 2.50 bits per heavy atom. The molecule has 2 unspecified atom stereocenters. The van der Waals surface area contributed by atoms with Crippen molar-refractivity contribution in [3.63, 3.8) is 0 Å². The molecule has 14 heavy (non-hydrogen) atoms. The summed E-state index contributed by atoms with van der Waals surface area (Å²) in [6, 6.07) is 0.469. The van der Waals surface area contributed by atoms with Crippen LogP contribution in [0.5, 0.6) is 0 Å². The number of aromatic amines is 1. The number of carbonyl (C=O) groups is 1. The first-order chi connectivity index (χ1) is 6.75. The standard InChI is InChI=1S/C9H14N4O/c10-7-1-2-8(3-7)13-9(14)6-4-11-12-5-6/h4-5,7-8H,1-3,10H2,(H,11,12)(H,13,14). The van der Waals surface area contributed by atoms with Crippen molar-refractivity contribution in [2.75, 3.05) is 0 Å². The third kappa shape index (κ3) is 1.93. The van der Waals surface area contributed by atoms with Crippen LogP contribution in [-0.4, -0.2) is 28.2 Å². The Labute approximate surface area is 82.1 Å². The van der Waals surface area contributed by atoms with Gasteiger partial charge in [0.25, 0.3) is 5.91 Å². The molecule has 2 atom stereocenters. The van der Waals surface area contributed by atoms with Gasteiger partial charge in [-0.3, -0.25) is 9.89 Å². The molecule has 5 heteroatoms. The smallest absolute Gasteiger partial charge is 0.254 e. The van der Waals surface area contributed by atoms with E-state index in [1.54, 1.807) is 6.20 Å². The molecule has 76 valence electrons. The molecule has 1 aliphatic carbocycles. The summed E-state index contributed by atoms with van der Waals surface area (Å²) < 4.78 is 0. The molecule has 5 nitrogen and oxygen atoms in total. The van der Waals surface area contributed by atoms with E-state index in [1.165, 1.54) is 6.20 Å². The molecule has 0 bridgehead atoms. The number of aromatic nitrogens is 2. The van der Waals surface area contributed by atoms with Crippen molar-refractivity contribution in [3.8, 4) is 0 Å². The van der Waals surface area contributed by atoms with Crippen LogP contribution in [0.4, 0.5) is 0 Å². The number of H-pyrrole nitrogens is 1. The molecular weight excluding hydrogens is 180 g/mol. The van der Waals surface area contributed by atoms with Gasteiger partial charge < -0.3 is 11.1 Å². The summed E-state index contributed by atoms with van der Waals surface area (Å²) in [5.74, 6) is -0.0714. The molecule has 1 fully saturated rings. The van der Waals surface area contributed by atoms with Gasteiger partial charge >= 0.3 is 0 Å². The lowest BCUT2D eigenvalue weighted by molar-refractivity contribution is 0.0938. The molecule has 1 aromatic rings. The van der Waals surface area contributed by atoms with Crippen LogP contribution in [0.3, 0.4) is 0 Å². The summed E-state index contributed by atoms with van der Waals surface area (Å²) in [5, 5.41) is 9.26. The van der Waals surface area contributed by atoms with Crippen molar-refractivity contribution in [3.05, 3.63) is 18.0 Å². The molecule has 0 spiro atoms. The van der Waals surface area contributed by atoms with Crippen LogP contribution in [0.2, 0.25) is 0 Å². The average molecular weight is 194 g/mol. The summed E-state index contributed by atoms with van der Waals surface area (Å²) >= 11 is 0. The number of nitrogens with one attached hydrogen (secondary N) is 2. The van der Waals surface area contributed by atoms with Crippen molar-refractivity contribution in [1.82, 2.24) is 15.5 Å². The average Bonchev–Trinajstić information content (AvgIpc) is 2.75. The van der Waals surface area contributed by atoms with E-state index < -0.39 is 0 Å². The second-order valence-electron chi connectivity index (χ2n) is 3.73. The number of carbonyl (C=O) groups excluding carboxylic acids is 1. The molecule has 4 N–H and O–H groups in total. The Bertz CT molecular complexity index is 309.